The number of hydrogen-bond donors (Lipinski definition) is 3. The second kappa shape index (κ2) is 5.32. The maximum Gasteiger partial charge on any atom is 0.326 e. The molecule has 0 aromatic carbocycles. The van der Waals surface area contributed by atoms with Crippen molar-refractivity contribution in [3.63, 3.8) is 0 Å². The van der Waals surface area contributed by atoms with Gasteiger partial charge in [0.2, 0.25) is 0 Å². The number of nitrogens with one attached hydrogen (secondary N) is 1. The van der Waals surface area contributed by atoms with Crippen LogP contribution in [0.25, 0.3) is 0 Å². The maximum atomic E-state index is 11.5. The number of aliphatic carboxylic acids is 1. The molecule has 3 N–H and O–H groups in total. The molecule has 1 unspecified atom stereocenters. The average Bonchev–Trinajstić information content (AvgIpc) is 2.64. The molecule has 16 heavy (non-hydrogen) atoms. The SMILES string of the molecule is Cc1cc(C(=O)NC(CCO)C(=O)O)co1. The molecular formula is C10H13NO5. The summed E-state index contributed by atoms with van der Waals surface area (Å²) in [7, 11) is 0. The number of carbonyl (C=O) groups excluding carboxylic acids is 1. The van der Waals surface area contributed by atoms with Gasteiger partial charge in [-0.25, -0.2) is 4.79 Å². The number of hydrogen-bond acceptors (Lipinski definition) is 4. The van der Waals surface area contributed by atoms with Crippen LogP contribution in [0.2, 0.25) is 0 Å². The first-order valence-corrected chi connectivity index (χ1v) is 4.74. The van der Waals surface area contributed by atoms with Crippen LogP contribution in [0.4, 0.5) is 0 Å². The van der Waals surface area contributed by atoms with Gasteiger partial charge in [0.1, 0.15) is 18.1 Å². The van der Waals surface area contributed by atoms with Gasteiger partial charge < -0.3 is 19.9 Å². The third kappa shape index (κ3) is 3.09. The predicted molar refractivity (Wildman–Crippen MR) is 54.0 cm³/mol. The highest BCUT2D eigenvalue weighted by molar-refractivity contribution is 5.96. The Morgan fingerprint density at radius 1 is 1.56 bits per heavy atom. The molecule has 0 fully saturated rings. The van der Waals surface area contributed by atoms with Crippen molar-refractivity contribution >= 4 is 11.9 Å². The molecule has 0 aliphatic carbocycles. The summed E-state index contributed by atoms with van der Waals surface area (Å²) in [5.74, 6) is -1.14. The van der Waals surface area contributed by atoms with Crippen LogP contribution in [0.15, 0.2) is 16.7 Å². The Bertz CT molecular complexity index is 384. The van der Waals surface area contributed by atoms with Crippen LogP contribution in [0, 0.1) is 6.92 Å². The van der Waals surface area contributed by atoms with Crippen molar-refractivity contribution < 1.29 is 24.2 Å². The minimum atomic E-state index is -1.18. The van der Waals surface area contributed by atoms with E-state index in [4.69, 9.17) is 14.6 Å². The average molecular weight is 227 g/mol. The van der Waals surface area contributed by atoms with E-state index in [1.807, 2.05) is 0 Å². The quantitative estimate of drug-likeness (QED) is 0.665. The van der Waals surface area contributed by atoms with Gasteiger partial charge in [0.25, 0.3) is 5.91 Å². The largest absolute Gasteiger partial charge is 0.480 e. The number of carbonyl (C=O) groups is 2. The Hall–Kier alpha value is -1.82. The number of aliphatic hydroxyl groups excluding tert-OH is 1. The highest BCUT2D eigenvalue weighted by Gasteiger charge is 2.20. The summed E-state index contributed by atoms with van der Waals surface area (Å²) < 4.78 is 4.93. The van der Waals surface area contributed by atoms with E-state index in [0.29, 0.717) is 5.76 Å². The number of aryl methyl sites for hydroxylation is 1. The first kappa shape index (κ1) is 12.3. The molecule has 1 amide bonds. The van der Waals surface area contributed by atoms with Gasteiger partial charge in [-0.3, -0.25) is 4.79 Å². The number of carboxylic acids is 1. The lowest BCUT2D eigenvalue weighted by Gasteiger charge is -2.11. The fourth-order valence-electron chi connectivity index (χ4n) is 1.19. The van der Waals surface area contributed by atoms with Gasteiger partial charge >= 0.3 is 5.97 Å². The van der Waals surface area contributed by atoms with Crippen molar-refractivity contribution in [2.24, 2.45) is 0 Å². The Kier molecular flexibility index (Phi) is 4.07. The number of aliphatic hydroxyl groups is 1. The number of furan rings is 1. The van der Waals surface area contributed by atoms with E-state index >= 15 is 0 Å². The lowest BCUT2D eigenvalue weighted by atomic mass is 10.2. The normalized spacial score (nSPS) is 12.1. The van der Waals surface area contributed by atoms with Gasteiger partial charge in [-0.15, -0.1) is 0 Å². The molecule has 1 aromatic rings. The van der Waals surface area contributed by atoms with E-state index in [1.165, 1.54) is 12.3 Å². The summed E-state index contributed by atoms with van der Waals surface area (Å²) in [5.41, 5.74) is 0.265. The molecular weight excluding hydrogens is 214 g/mol. The molecule has 0 aliphatic heterocycles. The predicted octanol–water partition coefficient (Wildman–Crippen LogP) is 0.153. The van der Waals surface area contributed by atoms with Crippen LogP contribution >= 0.6 is 0 Å². The van der Waals surface area contributed by atoms with E-state index in [0.717, 1.165) is 0 Å². The molecule has 1 aromatic heterocycles. The van der Waals surface area contributed by atoms with E-state index in [9.17, 15) is 9.59 Å². The molecule has 0 aliphatic rings. The summed E-state index contributed by atoms with van der Waals surface area (Å²) in [6.07, 6.45) is 1.22. The van der Waals surface area contributed by atoms with Crippen molar-refractivity contribution in [2.75, 3.05) is 6.61 Å². The lowest BCUT2D eigenvalue weighted by molar-refractivity contribution is -0.139. The summed E-state index contributed by atoms with van der Waals surface area (Å²) in [5, 5.41) is 19.7. The Morgan fingerprint density at radius 3 is 2.69 bits per heavy atom. The highest BCUT2D eigenvalue weighted by Crippen LogP contribution is 2.06. The Morgan fingerprint density at radius 2 is 2.25 bits per heavy atom. The van der Waals surface area contributed by atoms with Gasteiger partial charge in [-0.2, -0.15) is 0 Å². The molecule has 6 heteroatoms. The van der Waals surface area contributed by atoms with Gasteiger partial charge in [-0.1, -0.05) is 0 Å². The fraction of sp³-hybridized carbons (Fsp3) is 0.400. The van der Waals surface area contributed by atoms with Crippen LogP contribution in [-0.2, 0) is 4.79 Å². The Balaban J connectivity index is 2.65. The van der Waals surface area contributed by atoms with Gasteiger partial charge in [0.05, 0.1) is 5.56 Å². The van der Waals surface area contributed by atoms with Gasteiger partial charge in [-0.05, 0) is 13.0 Å². The van der Waals surface area contributed by atoms with Crippen molar-refractivity contribution in [1.82, 2.24) is 5.32 Å². The van der Waals surface area contributed by atoms with E-state index in [2.05, 4.69) is 5.32 Å². The second-order valence-electron chi connectivity index (χ2n) is 3.32. The maximum absolute atomic E-state index is 11.5. The summed E-state index contributed by atoms with van der Waals surface area (Å²) >= 11 is 0. The highest BCUT2D eigenvalue weighted by atomic mass is 16.4. The molecule has 0 spiro atoms. The molecule has 88 valence electrons. The number of amides is 1. The monoisotopic (exact) mass is 227 g/mol. The number of carboxylic acid groups (broad SMARTS) is 1. The van der Waals surface area contributed by atoms with Crippen molar-refractivity contribution in [3.8, 4) is 0 Å². The van der Waals surface area contributed by atoms with Crippen LogP contribution in [0.5, 0.6) is 0 Å². The van der Waals surface area contributed by atoms with E-state index in [-0.39, 0.29) is 18.6 Å². The standard InChI is InChI=1S/C10H13NO5/c1-6-4-7(5-16-6)9(13)11-8(2-3-12)10(14)15/h4-5,8,12H,2-3H2,1H3,(H,11,13)(H,14,15). The fourth-order valence-corrected chi connectivity index (χ4v) is 1.19. The van der Waals surface area contributed by atoms with Gasteiger partial charge in [0, 0.05) is 13.0 Å². The van der Waals surface area contributed by atoms with E-state index < -0.39 is 17.9 Å². The van der Waals surface area contributed by atoms with E-state index in [1.54, 1.807) is 6.92 Å². The first-order valence-electron chi connectivity index (χ1n) is 4.74. The zero-order valence-corrected chi connectivity index (χ0v) is 8.77. The zero-order chi connectivity index (χ0) is 12.1. The molecule has 1 atom stereocenters. The summed E-state index contributed by atoms with van der Waals surface area (Å²) in [6, 6.07) is 0.417. The molecule has 1 rings (SSSR count). The Labute approximate surface area is 91.9 Å². The second-order valence-corrected chi connectivity index (χ2v) is 3.32. The van der Waals surface area contributed by atoms with Crippen LogP contribution < -0.4 is 5.32 Å². The van der Waals surface area contributed by atoms with Crippen molar-refractivity contribution in [1.29, 1.82) is 0 Å². The summed E-state index contributed by atoms with van der Waals surface area (Å²) in [6.45, 7) is 1.38. The molecule has 0 saturated carbocycles. The van der Waals surface area contributed by atoms with Crippen LogP contribution in [0.1, 0.15) is 22.5 Å². The van der Waals surface area contributed by atoms with Gasteiger partial charge in [0.15, 0.2) is 0 Å². The third-order valence-corrected chi connectivity index (χ3v) is 2.01. The molecule has 0 bridgehead atoms. The first-order chi connectivity index (χ1) is 7.54. The molecule has 6 nitrogen and oxygen atoms in total. The minimum Gasteiger partial charge on any atom is -0.480 e. The zero-order valence-electron chi connectivity index (χ0n) is 8.77. The smallest absolute Gasteiger partial charge is 0.326 e. The molecule has 0 radical (unpaired) electrons. The third-order valence-electron chi connectivity index (χ3n) is 2.01. The molecule has 0 saturated heterocycles. The molecule has 1 heterocycles. The van der Waals surface area contributed by atoms with Crippen molar-refractivity contribution in [2.45, 2.75) is 19.4 Å². The minimum absolute atomic E-state index is 0.0299. The lowest BCUT2D eigenvalue weighted by Crippen LogP contribution is -2.41. The number of rotatable bonds is 5. The topological polar surface area (TPSA) is 99.8 Å². The van der Waals surface area contributed by atoms with Crippen LogP contribution in [-0.4, -0.2) is 34.7 Å². The van der Waals surface area contributed by atoms with Crippen molar-refractivity contribution in [3.05, 3.63) is 23.7 Å². The summed E-state index contributed by atoms with van der Waals surface area (Å²) in [4.78, 5) is 22.2. The van der Waals surface area contributed by atoms with Crippen LogP contribution in [0.3, 0.4) is 0 Å².